The molecule has 2 aromatic carbocycles. The first kappa shape index (κ1) is 20.7. The van der Waals surface area contributed by atoms with Gasteiger partial charge in [0.2, 0.25) is 0 Å². The Hall–Kier alpha value is -0.617. The number of benzene rings is 2. The molecule has 129 valence electrons. The van der Waals surface area contributed by atoms with Crippen LogP contribution in [-0.4, -0.2) is 0 Å². The minimum Gasteiger partial charge on any atom is -1.00 e. The van der Waals surface area contributed by atoms with E-state index in [1.165, 1.54) is 23.1 Å². The molecular formula is C22H23Cl2Zr. The van der Waals surface area contributed by atoms with Crippen LogP contribution < -0.4 is 28.1 Å². The maximum Gasteiger partial charge on any atom is -1.00 e. The predicted molar refractivity (Wildman–Crippen MR) is 95.9 cm³/mol. The number of fused-ring (bicyclic) bond motifs is 3. The van der Waals surface area contributed by atoms with Gasteiger partial charge < -0.3 is 24.8 Å². The predicted octanol–water partition coefficient (Wildman–Crippen LogP) is -0.428. The third kappa shape index (κ3) is 3.75. The Labute approximate surface area is 171 Å². The van der Waals surface area contributed by atoms with Gasteiger partial charge in [-0.25, -0.2) is 0 Å². The zero-order valence-corrected chi connectivity index (χ0v) is 18.9. The van der Waals surface area contributed by atoms with E-state index >= 15 is 0 Å². The van der Waals surface area contributed by atoms with Crippen molar-refractivity contribution in [2.45, 2.75) is 36.7 Å². The van der Waals surface area contributed by atoms with E-state index in [0.717, 1.165) is 6.42 Å². The number of rotatable bonds is 2. The third-order valence-corrected chi connectivity index (χ3v) is 13.6. The second-order valence-electron chi connectivity index (χ2n) is 7.61. The van der Waals surface area contributed by atoms with Crippen molar-refractivity contribution in [3.63, 3.8) is 0 Å². The van der Waals surface area contributed by atoms with Crippen LogP contribution in [0, 0.1) is 0 Å². The van der Waals surface area contributed by atoms with E-state index in [2.05, 4.69) is 81.5 Å². The number of hydrogen-bond donors (Lipinski definition) is 0. The van der Waals surface area contributed by atoms with Crippen LogP contribution in [0.25, 0.3) is 11.1 Å². The molecule has 0 spiro atoms. The van der Waals surface area contributed by atoms with Crippen molar-refractivity contribution in [1.82, 2.24) is 0 Å². The van der Waals surface area contributed by atoms with Crippen molar-refractivity contribution >= 4 is 3.27 Å². The zero-order chi connectivity index (χ0) is 16.0. The van der Waals surface area contributed by atoms with Gasteiger partial charge in [-0.1, -0.05) is 0 Å². The molecule has 0 bridgehead atoms. The van der Waals surface area contributed by atoms with Crippen molar-refractivity contribution < 1.29 is 46.6 Å². The van der Waals surface area contributed by atoms with E-state index in [0.29, 0.717) is 3.12 Å². The molecule has 0 saturated carbocycles. The van der Waals surface area contributed by atoms with Crippen LogP contribution in [-0.2, 0) is 28.2 Å². The van der Waals surface area contributed by atoms with Crippen LogP contribution in [0.5, 0.6) is 0 Å². The van der Waals surface area contributed by atoms with E-state index in [1.807, 2.05) is 0 Å². The van der Waals surface area contributed by atoms with Gasteiger partial charge in [0.25, 0.3) is 0 Å². The monoisotopic (exact) mass is 447 g/mol. The summed E-state index contributed by atoms with van der Waals surface area (Å²) in [6.45, 7) is 7.38. The van der Waals surface area contributed by atoms with Gasteiger partial charge in [0, 0.05) is 0 Å². The summed E-state index contributed by atoms with van der Waals surface area (Å²) in [6, 6.07) is 16.0. The molecule has 0 N–H and O–H groups in total. The quantitative estimate of drug-likeness (QED) is 0.498. The molecule has 0 aromatic heterocycles. The Morgan fingerprint density at radius 2 is 1.60 bits per heavy atom. The molecular weight excluding hydrogens is 426 g/mol. The molecule has 2 aliphatic rings. The minimum atomic E-state index is -1.92. The topological polar surface area (TPSA) is 0 Å². The fourth-order valence-electron chi connectivity index (χ4n) is 4.08. The SMILES string of the molecule is C[C](C)(C)[Zr+2]([C]1=CC=CC1)[c]1cccc2c1Cc1ccccc1-2.[Cl-].[Cl-]. The zero-order valence-electron chi connectivity index (χ0n) is 14.9. The van der Waals surface area contributed by atoms with Crippen LogP contribution in [0.1, 0.15) is 38.3 Å². The van der Waals surface area contributed by atoms with Gasteiger partial charge in [-0.3, -0.25) is 0 Å². The van der Waals surface area contributed by atoms with Gasteiger partial charge in [0.1, 0.15) is 0 Å². The second kappa shape index (κ2) is 7.95. The third-order valence-electron chi connectivity index (χ3n) is 4.96. The summed E-state index contributed by atoms with van der Waals surface area (Å²) in [5, 5.41) is 0. The van der Waals surface area contributed by atoms with E-state index in [-0.39, 0.29) is 24.8 Å². The summed E-state index contributed by atoms with van der Waals surface area (Å²) in [5.41, 5.74) is 6.09. The normalized spacial score (nSPS) is 14.1. The second-order valence-corrected chi connectivity index (χ2v) is 16.0. The van der Waals surface area contributed by atoms with Gasteiger partial charge >= 0.3 is 148 Å². The van der Waals surface area contributed by atoms with Crippen LogP contribution in [0.3, 0.4) is 0 Å². The molecule has 2 aliphatic carbocycles. The minimum absolute atomic E-state index is 0. The van der Waals surface area contributed by atoms with Gasteiger partial charge in [-0.2, -0.15) is 0 Å². The Kier molecular flexibility index (Phi) is 6.58. The molecule has 4 rings (SSSR count). The maximum absolute atomic E-state index is 2.46. The molecule has 25 heavy (non-hydrogen) atoms. The molecule has 3 heteroatoms. The summed E-state index contributed by atoms with van der Waals surface area (Å²) < 4.78 is 3.90. The Morgan fingerprint density at radius 1 is 0.880 bits per heavy atom. The molecule has 0 nitrogen and oxygen atoms in total. The standard InChI is InChI=1S/C13H9.C5H5.C4H9.2ClH.Zr/c1-3-7-12-10(5-1)9-11-6-2-4-8-13(11)12;1-2-4-5-3-1;1-4(2)3;;;/h1-5,7-8H,9H2;1-3H,4H2;1-3H3;2*1H;/q;;;;;+2/p-2. The van der Waals surface area contributed by atoms with E-state index < -0.39 is 21.8 Å². The molecule has 0 saturated heterocycles. The summed E-state index contributed by atoms with van der Waals surface area (Å²) >= 11 is -1.92. The van der Waals surface area contributed by atoms with Crippen LogP contribution in [0.15, 0.2) is 64.0 Å². The van der Waals surface area contributed by atoms with Gasteiger partial charge in [0.15, 0.2) is 0 Å². The number of allylic oxidation sites excluding steroid dienone is 4. The van der Waals surface area contributed by atoms with Crippen molar-refractivity contribution in [3.8, 4) is 11.1 Å². The summed E-state index contributed by atoms with van der Waals surface area (Å²) in [6.07, 6.45) is 9.33. The van der Waals surface area contributed by atoms with Gasteiger partial charge in [-0.15, -0.1) is 0 Å². The van der Waals surface area contributed by atoms with Crippen molar-refractivity contribution in [2.75, 3.05) is 0 Å². The van der Waals surface area contributed by atoms with Gasteiger partial charge in [0.05, 0.1) is 0 Å². The summed E-state index contributed by atoms with van der Waals surface area (Å²) in [4.78, 5) is 0. The molecule has 0 radical (unpaired) electrons. The average Bonchev–Trinajstić information content (AvgIpc) is 3.14. The van der Waals surface area contributed by atoms with E-state index in [1.54, 1.807) is 12.1 Å². The fourth-order valence-corrected chi connectivity index (χ4v) is 12.7. The van der Waals surface area contributed by atoms with Crippen molar-refractivity contribution in [2.24, 2.45) is 0 Å². The first-order valence-corrected chi connectivity index (χ1v) is 12.2. The molecule has 0 heterocycles. The maximum atomic E-state index is 2.46. The van der Waals surface area contributed by atoms with Crippen LogP contribution in [0.4, 0.5) is 0 Å². The van der Waals surface area contributed by atoms with E-state index in [4.69, 9.17) is 0 Å². The Morgan fingerprint density at radius 3 is 2.28 bits per heavy atom. The van der Waals surface area contributed by atoms with Crippen molar-refractivity contribution in [1.29, 1.82) is 0 Å². The van der Waals surface area contributed by atoms with E-state index in [9.17, 15) is 0 Å². The molecule has 0 amide bonds. The van der Waals surface area contributed by atoms with Crippen molar-refractivity contribution in [3.05, 3.63) is 75.1 Å². The Bertz CT molecular complexity index is 828. The van der Waals surface area contributed by atoms with Crippen LogP contribution >= 0.6 is 0 Å². The van der Waals surface area contributed by atoms with Crippen LogP contribution in [0.2, 0.25) is 3.12 Å². The first-order valence-electron chi connectivity index (χ1n) is 8.50. The molecule has 0 fully saturated rings. The molecule has 0 aliphatic heterocycles. The average molecular weight is 450 g/mol. The Balaban J connectivity index is 0.00000113. The molecule has 0 unspecified atom stereocenters. The largest absolute Gasteiger partial charge is 1.00 e. The number of hydrogen-bond acceptors (Lipinski definition) is 0. The first-order chi connectivity index (χ1) is 11.1. The van der Waals surface area contributed by atoms with Gasteiger partial charge in [-0.05, 0) is 0 Å². The summed E-state index contributed by atoms with van der Waals surface area (Å²) in [7, 11) is 0. The fraction of sp³-hybridized carbons (Fsp3) is 0.273. The smallest absolute Gasteiger partial charge is 1.00 e. The molecule has 0 atom stereocenters. The summed E-state index contributed by atoms with van der Waals surface area (Å²) in [5.74, 6) is 0. The molecule has 2 aromatic rings. The number of halogens is 2.